The molecule has 1 aromatic rings. The van der Waals surface area contributed by atoms with Crippen LogP contribution >= 0.6 is 0 Å². The second-order valence-electron chi connectivity index (χ2n) is 4.55. The van der Waals surface area contributed by atoms with E-state index in [0.717, 1.165) is 38.4 Å². The summed E-state index contributed by atoms with van der Waals surface area (Å²) in [7, 11) is 0. The number of fused-ring (bicyclic) bond motifs is 1. The first-order valence-electron chi connectivity index (χ1n) is 5.77. The number of hydrogen-bond donors (Lipinski definition) is 2. The quantitative estimate of drug-likeness (QED) is 0.790. The molecule has 15 heavy (non-hydrogen) atoms. The minimum absolute atomic E-state index is 0.657. The molecule has 2 rings (SSSR count). The van der Waals surface area contributed by atoms with Gasteiger partial charge in [0.1, 0.15) is 5.82 Å². The summed E-state index contributed by atoms with van der Waals surface area (Å²) >= 11 is 0. The first-order chi connectivity index (χ1) is 7.25. The second-order valence-corrected chi connectivity index (χ2v) is 4.55. The van der Waals surface area contributed by atoms with Crippen LogP contribution in [0.1, 0.15) is 26.0 Å². The lowest BCUT2D eigenvalue weighted by atomic mass is 10.2. The Morgan fingerprint density at radius 1 is 1.60 bits per heavy atom. The van der Waals surface area contributed by atoms with Crippen molar-refractivity contribution in [2.75, 3.05) is 18.4 Å². The SMILES string of the molecule is CC(C)CNc1cc2n(n1)CCCNC2. The third-order valence-electron chi connectivity index (χ3n) is 2.58. The molecule has 0 aromatic carbocycles. The van der Waals surface area contributed by atoms with Crippen LogP contribution < -0.4 is 10.6 Å². The highest BCUT2D eigenvalue weighted by molar-refractivity contribution is 5.36. The first kappa shape index (κ1) is 10.5. The van der Waals surface area contributed by atoms with E-state index in [1.165, 1.54) is 5.69 Å². The van der Waals surface area contributed by atoms with Crippen LogP contribution in [0.5, 0.6) is 0 Å². The summed E-state index contributed by atoms with van der Waals surface area (Å²) in [4.78, 5) is 0. The number of nitrogens with zero attached hydrogens (tertiary/aromatic N) is 2. The average Bonchev–Trinajstić information content (AvgIpc) is 2.46. The van der Waals surface area contributed by atoms with E-state index in [4.69, 9.17) is 0 Å². The predicted molar refractivity (Wildman–Crippen MR) is 61.9 cm³/mol. The number of nitrogens with one attached hydrogen (secondary N) is 2. The Bertz CT molecular complexity index is 293. The smallest absolute Gasteiger partial charge is 0.148 e. The average molecular weight is 208 g/mol. The molecule has 1 aliphatic rings. The molecule has 0 fully saturated rings. The molecule has 0 atom stereocenters. The van der Waals surface area contributed by atoms with Crippen LogP contribution in [0, 0.1) is 5.92 Å². The van der Waals surface area contributed by atoms with E-state index < -0.39 is 0 Å². The first-order valence-corrected chi connectivity index (χ1v) is 5.77. The standard InChI is InChI=1S/C11H20N4/c1-9(2)7-13-11-6-10-8-12-4-3-5-15(10)14-11/h6,9,12H,3-5,7-8H2,1-2H3,(H,13,14). The number of hydrogen-bond acceptors (Lipinski definition) is 3. The van der Waals surface area contributed by atoms with E-state index in [1.807, 2.05) is 0 Å². The lowest BCUT2D eigenvalue weighted by Crippen LogP contribution is -2.12. The molecule has 4 heteroatoms. The Hall–Kier alpha value is -1.03. The maximum absolute atomic E-state index is 4.55. The summed E-state index contributed by atoms with van der Waals surface area (Å²) in [5.41, 5.74) is 1.29. The Morgan fingerprint density at radius 3 is 3.27 bits per heavy atom. The van der Waals surface area contributed by atoms with Gasteiger partial charge < -0.3 is 10.6 Å². The molecular formula is C11H20N4. The number of rotatable bonds is 3. The molecule has 0 saturated carbocycles. The zero-order valence-electron chi connectivity index (χ0n) is 9.58. The molecule has 1 aromatic heterocycles. The van der Waals surface area contributed by atoms with Gasteiger partial charge in [-0.25, -0.2) is 0 Å². The van der Waals surface area contributed by atoms with Crippen molar-refractivity contribution in [3.8, 4) is 0 Å². The van der Waals surface area contributed by atoms with Crippen molar-refractivity contribution in [1.29, 1.82) is 0 Å². The Morgan fingerprint density at radius 2 is 2.47 bits per heavy atom. The minimum atomic E-state index is 0.657. The topological polar surface area (TPSA) is 41.9 Å². The molecule has 0 spiro atoms. The highest BCUT2D eigenvalue weighted by Crippen LogP contribution is 2.12. The van der Waals surface area contributed by atoms with Gasteiger partial charge in [-0.2, -0.15) is 5.10 Å². The molecule has 0 aliphatic carbocycles. The molecule has 0 radical (unpaired) electrons. The lowest BCUT2D eigenvalue weighted by molar-refractivity contribution is 0.587. The van der Waals surface area contributed by atoms with E-state index in [-0.39, 0.29) is 0 Å². The third-order valence-corrected chi connectivity index (χ3v) is 2.58. The summed E-state index contributed by atoms with van der Waals surface area (Å²) < 4.78 is 2.11. The van der Waals surface area contributed by atoms with Gasteiger partial charge >= 0.3 is 0 Å². The van der Waals surface area contributed by atoms with Gasteiger partial charge in [0.2, 0.25) is 0 Å². The van der Waals surface area contributed by atoms with Crippen molar-refractivity contribution in [1.82, 2.24) is 15.1 Å². The Kier molecular flexibility index (Phi) is 3.26. The summed E-state index contributed by atoms with van der Waals surface area (Å²) in [6.07, 6.45) is 1.16. The van der Waals surface area contributed by atoms with Gasteiger partial charge in [0.25, 0.3) is 0 Å². The van der Waals surface area contributed by atoms with Crippen molar-refractivity contribution in [3.63, 3.8) is 0 Å². The highest BCUT2D eigenvalue weighted by Gasteiger charge is 2.10. The van der Waals surface area contributed by atoms with Gasteiger partial charge in [0, 0.05) is 25.7 Å². The Balaban J connectivity index is 2.02. The number of aromatic nitrogens is 2. The zero-order valence-corrected chi connectivity index (χ0v) is 9.58. The molecule has 1 aliphatic heterocycles. The largest absolute Gasteiger partial charge is 0.368 e. The summed E-state index contributed by atoms with van der Waals surface area (Å²) in [6, 6.07) is 2.15. The van der Waals surface area contributed by atoms with Crippen LogP contribution in [0.2, 0.25) is 0 Å². The van der Waals surface area contributed by atoms with Crippen molar-refractivity contribution in [3.05, 3.63) is 11.8 Å². The van der Waals surface area contributed by atoms with Gasteiger partial charge in [-0.15, -0.1) is 0 Å². The fourth-order valence-electron chi connectivity index (χ4n) is 1.76. The monoisotopic (exact) mass is 208 g/mol. The van der Waals surface area contributed by atoms with E-state index in [1.54, 1.807) is 0 Å². The van der Waals surface area contributed by atoms with Crippen molar-refractivity contribution < 1.29 is 0 Å². The van der Waals surface area contributed by atoms with Crippen molar-refractivity contribution in [2.24, 2.45) is 5.92 Å². The van der Waals surface area contributed by atoms with Gasteiger partial charge in [0.05, 0.1) is 5.69 Å². The van der Waals surface area contributed by atoms with E-state index in [0.29, 0.717) is 5.92 Å². The molecule has 0 saturated heterocycles. The zero-order chi connectivity index (χ0) is 10.7. The molecule has 0 unspecified atom stereocenters. The van der Waals surface area contributed by atoms with Gasteiger partial charge in [-0.3, -0.25) is 4.68 Å². The van der Waals surface area contributed by atoms with Crippen LogP contribution in [0.15, 0.2) is 6.07 Å². The maximum atomic E-state index is 4.55. The summed E-state index contributed by atoms with van der Waals surface area (Å²) in [6.45, 7) is 8.47. The van der Waals surface area contributed by atoms with Gasteiger partial charge in [0.15, 0.2) is 0 Å². The normalized spacial score (nSPS) is 16.2. The van der Waals surface area contributed by atoms with Crippen LogP contribution in [-0.4, -0.2) is 22.9 Å². The van der Waals surface area contributed by atoms with Crippen molar-refractivity contribution >= 4 is 5.82 Å². The van der Waals surface area contributed by atoms with Crippen LogP contribution in [0.4, 0.5) is 5.82 Å². The van der Waals surface area contributed by atoms with Crippen LogP contribution in [0.3, 0.4) is 0 Å². The van der Waals surface area contributed by atoms with E-state index in [9.17, 15) is 0 Å². The molecule has 2 N–H and O–H groups in total. The number of aryl methyl sites for hydroxylation is 1. The van der Waals surface area contributed by atoms with Crippen LogP contribution in [0.25, 0.3) is 0 Å². The third kappa shape index (κ3) is 2.72. The predicted octanol–water partition coefficient (Wildman–Crippen LogP) is 1.44. The molecular weight excluding hydrogens is 188 g/mol. The second kappa shape index (κ2) is 4.66. The molecule has 84 valence electrons. The maximum Gasteiger partial charge on any atom is 0.148 e. The van der Waals surface area contributed by atoms with Gasteiger partial charge in [-0.05, 0) is 18.9 Å². The molecule has 4 nitrogen and oxygen atoms in total. The fraction of sp³-hybridized carbons (Fsp3) is 0.727. The summed E-state index contributed by atoms with van der Waals surface area (Å²) in [5, 5.41) is 11.3. The van der Waals surface area contributed by atoms with Crippen LogP contribution in [-0.2, 0) is 13.1 Å². The fourth-order valence-corrected chi connectivity index (χ4v) is 1.76. The molecule has 0 amide bonds. The highest BCUT2D eigenvalue weighted by atomic mass is 15.3. The molecule has 0 bridgehead atoms. The van der Waals surface area contributed by atoms with E-state index >= 15 is 0 Å². The minimum Gasteiger partial charge on any atom is -0.368 e. The lowest BCUT2D eigenvalue weighted by Gasteiger charge is -2.05. The number of anilines is 1. The summed E-state index contributed by atoms with van der Waals surface area (Å²) in [5.74, 6) is 1.67. The van der Waals surface area contributed by atoms with Gasteiger partial charge in [-0.1, -0.05) is 13.8 Å². The van der Waals surface area contributed by atoms with E-state index in [2.05, 4.69) is 40.3 Å². The molecule has 2 heterocycles. The Labute approximate surface area is 91.1 Å². The van der Waals surface area contributed by atoms with Crippen molar-refractivity contribution in [2.45, 2.75) is 33.4 Å².